The largest absolute Gasteiger partial charge is 0.311 e. The molecular weight excluding hydrogens is 334 g/mol. The topological polar surface area (TPSA) is 43.1 Å². The van der Waals surface area contributed by atoms with Gasteiger partial charge >= 0.3 is 0 Å². The molecule has 0 N–H and O–H groups in total. The molecule has 0 saturated carbocycles. The first kappa shape index (κ1) is 16.6. The number of hydrogen-bond acceptors (Lipinski definition) is 3. The second-order valence-electron chi connectivity index (χ2n) is 6.34. The van der Waals surface area contributed by atoms with Gasteiger partial charge in [-0.3, -0.25) is 4.99 Å². The highest BCUT2D eigenvalue weighted by atomic mass is 19.1. The Balaban J connectivity index is 1.58. The Labute approximate surface area is 150 Å². The number of aromatic nitrogens is 3. The predicted octanol–water partition coefficient (Wildman–Crippen LogP) is 4.70. The monoisotopic (exact) mass is 352 g/mol. The third-order valence-corrected chi connectivity index (χ3v) is 4.58. The van der Waals surface area contributed by atoms with Crippen LogP contribution < -0.4 is 0 Å². The quantitative estimate of drug-likeness (QED) is 0.641. The normalized spacial score (nSPS) is 14.4. The Bertz CT molecular complexity index is 925. The molecule has 3 aromatic rings. The van der Waals surface area contributed by atoms with Crippen LogP contribution in [0.4, 0.5) is 14.5 Å². The lowest BCUT2D eigenvalue weighted by Crippen LogP contribution is -2.02. The van der Waals surface area contributed by atoms with Crippen molar-refractivity contribution in [3.8, 4) is 11.4 Å². The first-order valence-corrected chi connectivity index (χ1v) is 8.73. The van der Waals surface area contributed by atoms with E-state index in [1.54, 1.807) is 0 Å². The minimum atomic E-state index is -0.628. The van der Waals surface area contributed by atoms with Gasteiger partial charge in [0.15, 0.2) is 5.82 Å². The van der Waals surface area contributed by atoms with E-state index in [0.717, 1.165) is 43.0 Å². The smallest absolute Gasteiger partial charge is 0.163 e. The van der Waals surface area contributed by atoms with Crippen LogP contribution >= 0.6 is 0 Å². The fourth-order valence-electron chi connectivity index (χ4n) is 3.17. The third kappa shape index (κ3) is 3.27. The van der Waals surface area contributed by atoms with Gasteiger partial charge in [-0.2, -0.15) is 0 Å². The van der Waals surface area contributed by atoms with Crippen molar-refractivity contribution in [2.75, 3.05) is 0 Å². The molecule has 0 atom stereocenters. The van der Waals surface area contributed by atoms with Gasteiger partial charge in [-0.25, -0.2) is 8.78 Å². The fraction of sp³-hybridized carbons (Fsp3) is 0.250. The van der Waals surface area contributed by atoms with Crippen molar-refractivity contribution in [3.05, 3.63) is 65.5 Å². The highest BCUT2D eigenvalue weighted by Gasteiger charge is 2.15. The Hall–Kier alpha value is -2.89. The van der Waals surface area contributed by atoms with Crippen LogP contribution in [0.2, 0.25) is 0 Å². The molecule has 1 aliphatic rings. The van der Waals surface area contributed by atoms with Crippen molar-refractivity contribution < 1.29 is 8.78 Å². The number of hydrogen-bond donors (Lipinski definition) is 0. The molecule has 4 nitrogen and oxygen atoms in total. The lowest BCUT2D eigenvalue weighted by molar-refractivity contribution is 0.580. The first-order valence-electron chi connectivity index (χ1n) is 8.73. The maximum atomic E-state index is 13.6. The Kier molecular flexibility index (Phi) is 4.56. The molecule has 2 aromatic carbocycles. The number of halogens is 2. The van der Waals surface area contributed by atoms with E-state index in [1.165, 1.54) is 30.8 Å². The van der Waals surface area contributed by atoms with E-state index in [4.69, 9.17) is 0 Å². The van der Waals surface area contributed by atoms with Gasteiger partial charge < -0.3 is 4.57 Å². The SMILES string of the molecule is Fc1cccc(F)c1C=Nc1ccc(-c2nnc3n2CCCCC3)cc1. The number of rotatable bonds is 3. The molecule has 0 bridgehead atoms. The van der Waals surface area contributed by atoms with Gasteiger partial charge in [-0.15, -0.1) is 10.2 Å². The van der Waals surface area contributed by atoms with Crippen molar-refractivity contribution >= 4 is 11.9 Å². The summed E-state index contributed by atoms with van der Waals surface area (Å²) >= 11 is 0. The zero-order chi connectivity index (χ0) is 17.9. The first-order chi connectivity index (χ1) is 12.7. The van der Waals surface area contributed by atoms with Crippen LogP contribution in [0.15, 0.2) is 47.5 Å². The molecule has 4 rings (SSSR count). The van der Waals surface area contributed by atoms with Crippen molar-refractivity contribution in [2.45, 2.75) is 32.2 Å². The molecule has 6 heteroatoms. The Morgan fingerprint density at radius 2 is 1.69 bits per heavy atom. The van der Waals surface area contributed by atoms with E-state index < -0.39 is 11.6 Å². The Morgan fingerprint density at radius 1 is 0.923 bits per heavy atom. The number of fused-ring (bicyclic) bond motifs is 1. The van der Waals surface area contributed by atoms with E-state index in [1.807, 2.05) is 24.3 Å². The number of aliphatic imine (C=N–C) groups is 1. The summed E-state index contributed by atoms with van der Waals surface area (Å²) in [6, 6.07) is 11.2. The lowest BCUT2D eigenvalue weighted by Gasteiger charge is -2.07. The van der Waals surface area contributed by atoms with E-state index in [-0.39, 0.29) is 5.56 Å². The molecule has 1 aliphatic heterocycles. The van der Waals surface area contributed by atoms with Gasteiger partial charge in [0, 0.05) is 24.7 Å². The molecule has 26 heavy (non-hydrogen) atoms. The van der Waals surface area contributed by atoms with Crippen LogP contribution in [0.1, 0.15) is 30.7 Å². The standard InChI is InChI=1S/C20H18F2N4/c21-17-5-4-6-18(22)16(17)13-23-15-10-8-14(9-11-15)20-25-24-19-7-2-1-3-12-26(19)20/h4-6,8-11,13H,1-3,7,12H2. The molecule has 0 aliphatic carbocycles. The van der Waals surface area contributed by atoms with E-state index in [0.29, 0.717) is 5.69 Å². The second kappa shape index (κ2) is 7.15. The molecule has 0 radical (unpaired) electrons. The molecule has 0 spiro atoms. The minimum Gasteiger partial charge on any atom is -0.311 e. The molecule has 1 aromatic heterocycles. The van der Waals surface area contributed by atoms with Crippen molar-refractivity contribution in [3.63, 3.8) is 0 Å². The van der Waals surface area contributed by atoms with Gasteiger partial charge in [-0.05, 0) is 49.2 Å². The lowest BCUT2D eigenvalue weighted by atomic mass is 10.2. The molecule has 0 amide bonds. The van der Waals surface area contributed by atoms with Crippen molar-refractivity contribution in [1.29, 1.82) is 0 Å². The summed E-state index contributed by atoms with van der Waals surface area (Å²) in [4.78, 5) is 4.18. The predicted molar refractivity (Wildman–Crippen MR) is 96.6 cm³/mol. The van der Waals surface area contributed by atoms with E-state index >= 15 is 0 Å². The van der Waals surface area contributed by atoms with Crippen LogP contribution in [-0.2, 0) is 13.0 Å². The third-order valence-electron chi connectivity index (χ3n) is 4.58. The van der Waals surface area contributed by atoms with Gasteiger partial charge in [-0.1, -0.05) is 12.5 Å². The van der Waals surface area contributed by atoms with Gasteiger partial charge in [0.1, 0.15) is 17.5 Å². The van der Waals surface area contributed by atoms with E-state index in [2.05, 4.69) is 19.8 Å². The molecule has 0 unspecified atom stereocenters. The number of benzene rings is 2. The van der Waals surface area contributed by atoms with Crippen LogP contribution in [0.25, 0.3) is 11.4 Å². The summed E-state index contributed by atoms with van der Waals surface area (Å²) < 4.78 is 29.5. The molecular formula is C20H18F2N4. The van der Waals surface area contributed by atoms with Crippen molar-refractivity contribution in [2.24, 2.45) is 4.99 Å². The summed E-state index contributed by atoms with van der Waals surface area (Å²) in [6.07, 6.45) is 5.67. The van der Waals surface area contributed by atoms with Crippen LogP contribution in [-0.4, -0.2) is 21.0 Å². The zero-order valence-corrected chi connectivity index (χ0v) is 14.2. The minimum absolute atomic E-state index is 0.139. The number of nitrogens with zero attached hydrogens (tertiary/aromatic N) is 4. The molecule has 0 fully saturated rings. The average Bonchev–Trinajstić information content (AvgIpc) is 2.90. The van der Waals surface area contributed by atoms with Gasteiger partial charge in [0.05, 0.1) is 11.3 Å². The van der Waals surface area contributed by atoms with Gasteiger partial charge in [0.2, 0.25) is 0 Å². The summed E-state index contributed by atoms with van der Waals surface area (Å²) in [5.41, 5.74) is 1.44. The van der Waals surface area contributed by atoms with Gasteiger partial charge in [0.25, 0.3) is 0 Å². The highest BCUT2D eigenvalue weighted by Crippen LogP contribution is 2.25. The average molecular weight is 352 g/mol. The molecule has 132 valence electrons. The molecule has 0 saturated heterocycles. The Morgan fingerprint density at radius 3 is 2.46 bits per heavy atom. The van der Waals surface area contributed by atoms with Crippen LogP contribution in [0.3, 0.4) is 0 Å². The highest BCUT2D eigenvalue weighted by molar-refractivity contribution is 5.82. The summed E-state index contributed by atoms with van der Waals surface area (Å²) in [5.74, 6) is 0.639. The maximum absolute atomic E-state index is 13.6. The maximum Gasteiger partial charge on any atom is 0.163 e. The molecule has 2 heterocycles. The van der Waals surface area contributed by atoms with E-state index in [9.17, 15) is 8.78 Å². The number of aryl methyl sites for hydroxylation is 1. The summed E-state index contributed by atoms with van der Waals surface area (Å²) in [7, 11) is 0. The second-order valence-corrected chi connectivity index (χ2v) is 6.34. The van der Waals surface area contributed by atoms with Crippen LogP contribution in [0.5, 0.6) is 0 Å². The summed E-state index contributed by atoms with van der Waals surface area (Å²) in [5, 5.41) is 8.64. The fourth-order valence-corrected chi connectivity index (χ4v) is 3.17. The zero-order valence-electron chi connectivity index (χ0n) is 14.2. The van der Waals surface area contributed by atoms with Crippen molar-refractivity contribution in [1.82, 2.24) is 14.8 Å². The summed E-state index contributed by atoms with van der Waals surface area (Å²) in [6.45, 7) is 0.935. The van der Waals surface area contributed by atoms with Crippen LogP contribution in [0, 0.1) is 11.6 Å².